The highest BCUT2D eigenvalue weighted by molar-refractivity contribution is 7.98. The van der Waals surface area contributed by atoms with Gasteiger partial charge in [-0.05, 0) is 52.6 Å². The fourth-order valence-electron chi connectivity index (χ4n) is 3.67. The lowest BCUT2D eigenvalue weighted by molar-refractivity contribution is 0.393. The number of hydrogen-bond donors (Lipinski definition) is 1. The predicted molar refractivity (Wildman–Crippen MR) is 127 cm³/mol. The van der Waals surface area contributed by atoms with Gasteiger partial charge in [-0.25, -0.2) is 8.42 Å². The Morgan fingerprint density at radius 1 is 1.00 bits per heavy atom. The normalized spacial score (nSPS) is 14.4. The first-order chi connectivity index (χ1) is 14.9. The maximum Gasteiger partial charge on any atom is 0.229 e. The number of benzene rings is 3. The van der Waals surface area contributed by atoms with Gasteiger partial charge in [-0.15, -0.1) is 11.8 Å². The molecule has 3 aromatic carbocycles. The number of thioether (sulfide) groups is 1. The zero-order valence-electron chi connectivity index (χ0n) is 17.5. The summed E-state index contributed by atoms with van der Waals surface area (Å²) in [6, 6.07) is 19.6. The number of nitrogens with one attached hydrogen (secondary N) is 1. The first kappa shape index (κ1) is 21.3. The minimum atomic E-state index is -3.36. The van der Waals surface area contributed by atoms with Gasteiger partial charge >= 0.3 is 0 Å². The van der Waals surface area contributed by atoms with Crippen LogP contribution in [0, 0.1) is 0 Å². The SMILES string of the molecule is COc1cc2c(c(OC)c1)C(=Cc1cccc(NS(C)(=O)=O)c1)c1ccccc1SC2. The third-order valence-electron chi connectivity index (χ3n) is 4.94. The summed E-state index contributed by atoms with van der Waals surface area (Å²) < 4.78 is 37.1. The minimum Gasteiger partial charge on any atom is -0.497 e. The van der Waals surface area contributed by atoms with Crippen LogP contribution in [0.5, 0.6) is 11.5 Å². The van der Waals surface area contributed by atoms with Crippen LogP contribution in [0.2, 0.25) is 0 Å². The van der Waals surface area contributed by atoms with E-state index >= 15 is 0 Å². The number of ether oxygens (including phenoxy) is 2. The van der Waals surface area contributed by atoms with Crippen LogP contribution in [-0.4, -0.2) is 28.9 Å². The van der Waals surface area contributed by atoms with Crippen molar-refractivity contribution in [1.29, 1.82) is 0 Å². The van der Waals surface area contributed by atoms with E-state index in [1.54, 1.807) is 32.0 Å². The van der Waals surface area contributed by atoms with Crippen molar-refractivity contribution >= 4 is 39.1 Å². The molecule has 160 valence electrons. The molecule has 0 aliphatic carbocycles. The van der Waals surface area contributed by atoms with E-state index in [4.69, 9.17) is 9.47 Å². The van der Waals surface area contributed by atoms with E-state index in [-0.39, 0.29) is 0 Å². The van der Waals surface area contributed by atoms with Crippen molar-refractivity contribution in [2.24, 2.45) is 0 Å². The van der Waals surface area contributed by atoms with Crippen molar-refractivity contribution < 1.29 is 17.9 Å². The quantitative estimate of drug-likeness (QED) is 0.570. The Labute approximate surface area is 187 Å². The van der Waals surface area contributed by atoms with E-state index in [1.165, 1.54) is 4.90 Å². The van der Waals surface area contributed by atoms with Gasteiger partial charge in [-0.2, -0.15) is 0 Å². The molecule has 0 saturated carbocycles. The molecular formula is C24H23NO4S2. The van der Waals surface area contributed by atoms with Crippen LogP contribution in [-0.2, 0) is 15.8 Å². The Morgan fingerprint density at radius 2 is 1.81 bits per heavy atom. The average Bonchev–Trinajstić information content (AvgIpc) is 2.89. The van der Waals surface area contributed by atoms with Crippen molar-refractivity contribution in [2.75, 3.05) is 25.2 Å². The molecule has 31 heavy (non-hydrogen) atoms. The first-order valence-electron chi connectivity index (χ1n) is 9.65. The Kier molecular flexibility index (Phi) is 5.98. The van der Waals surface area contributed by atoms with Crippen molar-refractivity contribution in [3.05, 3.63) is 82.9 Å². The molecule has 0 amide bonds. The zero-order chi connectivity index (χ0) is 22.0. The lowest BCUT2D eigenvalue weighted by Crippen LogP contribution is -2.09. The van der Waals surface area contributed by atoms with Crippen molar-refractivity contribution in [2.45, 2.75) is 10.6 Å². The summed E-state index contributed by atoms with van der Waals surface area (Å²) in [6.45, 7) is 0. The van der Waals surface area contributed by atoms with Crippen LogP contribution in [0.4, 0.5) is 5.69 Å². The fraction of sp³-hybridized carbons (Fsp3) is 0.167. The van der Waals surface area contributed by atoms with Gasteiger partial charge in [-0.1, -0.05) is 30.3 Å². The molecule has 0 fully saturated rings. The van der Waals surface area contributed by atoms with E-state index in [0.29, 0.717) is 5.69 Å². The minimum absolute atomic E-state index is 0.523. The van der Waals surface area contributed by atoms with Gasteiger partial charge in [0.1, 0.15) is 11.5 Å². The molecule has 0 saturated heterocycles. The second kappa shape index (κ2) is 8.69. The highest BCUT2D eigenvalue weighted by atomic mass is 32.2. The van der Waals surface area contributed by atoms with Crippen LogP contribution in [0.25, 0.3) is 11.6 Å². The number of hydrogen-bond acceptors (Lipinski definition) is 5. The lowest BCUT2D eigenvalue weighted by atomic mass is 9.91. The summed E-state index contributed by atoms with van der Waals surface area (Å²) in [6.07, 6.45) is 3.22. The number of anilines is 1. The number of methoxy groups -OCH3 is 2. The van der Waals surface area contributed by atoms with Crippen LogP contribution in [0.1, 0.15) is 22.3 Å². The second-order valence-electron chi connectivity index (χ2n) is 7.21. The smallest absolute Gasteiger partial charge is 0.229 e. The molecule has 1 aliphatic rings. The molecule has 3 aromatic rings. The van der Waals surface area contributed by atoms with Gasteiger partial charge in [-0.3, -0.25) is 4.72 Å². The van der Waals surface area contributed by atoms with E-state index in [0.717, 1.165) is 51.3 Å². The van der Waals surface area contributed by atoms with Crippen LogP contribution in [0.15, 0.2) is 65.6 Å². The van der Waals surface area contributed by atoms with Gasteiger partial charge in [0.2, 0.25) is 10.0 Å². The van der Waals surface area contributed by atoms with Crippen molar-refractivity contribution in [3.8, 4) is 11.5 Å². The highest BCUT2D eigenvalue weighted by Crippen LogP contribution is 2.46. The van der Waals surface area contributed by atoms with Crippen LogP contribution >= 0.6 is 11.8 Å². The molecule has 0 unspecified atom stereocenters. The summed E-state index contributed by atoms with van der Waals surface area (Å²) in [7, 11) is -0.0469. The monoisotopic (exact) mass is 453 g/mol. The highest BCUT2D eigenvalue weighted by Gasteiger charge is 2.23. The molecular weight excluding hydrogens is 430 g/mol. The third kappa shape index (κ3) is 4.73. The van der Waals surface area contributed by atoms with E-state index in [1.807, 2.05) is 42.5 Å². The maximum absolute atomic E-state index is 11.7. The van der Waals surface area contributed by atoms with Crippen LogP contribution in [0.3, 0.4) is 0 Å². The summed E-state index contributed by atoms with van der Waals surface area (Å²) >= 11 is 1.77. The summed E-state index contributed by atoms with van der Waals surface area (Å²) in [5.74, 6) is 2.27. The largest absolute Gasteiger partial charge is 0.497 e. The Balaban J connectivity index is 1.94. The molecule has 0 radical (unpaired) electrons. The standard InChI is InChI=1S/C24H23NO4S2/c1-28-19-13-17-15-30-23-10-5-4-9-20(23)21(24(17)22(14-19)29-2)12-16-7-6-8-18(11-16)25-31(3,26)27/h4-14,25H,15H2,1-3H3. The van der Waals surface area contributed by atoms with Crippen LogP contribution < -0.4 is 14.2 Å². The lowest BCUT2D eigenvalue weighted by Gasteiger charge is -2.17. The molecule has 1 aliphatic heterocycles. The maximum atomic E-state index is 11.7. The number of sulfonamides is 1. The van der Waals surface area contributed by atoms with Gasteiger partial charge in [0.05, 0.1) is 20.5 Å². The van der Waals surface area contributed by atoms with Crippen molar-refractivity contribution in [3.63, 3.8) is 0 Å². The molecule has 7 heteroatoms. The average molecular weight is 454 g/mol. The van der Waals surface area contributed by atoms with Gasteiger partial charge in [0.25, 0.3) is 0 Å². The molecule has 5 nitrogen and oxygen atoms in total. The Hall–Kier alpha value is -2.90. The van der Waals surface area contributed by atoms with Gasteiger partial charge < -0.3 is 9.47 Å². The molecule has 0 aromatic heterocycles. The van der Waals surface area contributed by atoms with E-state index in [9.17, 15) is 8.42 Å². The molecule has 0 atom stereocenters. The van der Waals surface area contributed by atoms with E-state index in [2.05, 4.69) is 22.9 Å². The number of rotatable bonds is 5. The summed E-state index contributed by atoms with van der Waals surface area (Å²) in [4.78, 5) is 1.18. The molecule has 0 bridgehead atoms. The Morgan fingerprint density at radius 3 is 2.55 bits per heavy atom. The predicted octanol–water partition coefficient (Wildman–Crippen LogP) is 5.27. The molecule has 1 heterocycles. The molecule has 1 N–H and O–H groups in total. The topological polar surface area (TPSA) is 64.6 Å². The van der Waals surface area contributed by atoms with Gasteiger partial charge in [0.15, 0.2) is 0 Å². The third-order valence-corrected chi connectivity index (χ3v) is 6.67. The molecule has 4 rings (SSSR count). The molecule has 0 spiro atoms. The van der Waals surface area contributed by atoms with Crippen molar-refractivity contribution in [1.82, 2.24) is 0 Å². The van der Waals surface area contributed by atoms with E-state index < -0.39 is 10.0 Å². The summed E-state index contributed by atoms with van der Waals surface area (Å²) in [5.41, 5.74) is 5.67. The fourth-order valence-corrected chi connectivity index (χ4v) is 5.27. The first-order valence-corrected chi connectivity index (χ1v) is 12.5. The van der Waals surface area contributed by atoms with Gasteiger partial charge in [0, 0.05) is 28.0 Å². The second-order valence-corrected chi connectivity index (χ2v) is 9.97. The summed E-state index contributed by atoms with van der Waals surface area (Å²) in [5, 5.41) is 0. The zero-order valence-corrected chi connectivity index (χ0v) is 19.1. The number of fused-ring (bicyclic) bond motifs is 2. The Bertz CT molecular complexity index is 1270.